The summed E-state index contributed by atoms with van der Waals surface area (Å²) in [7, 11) is 3.07. The molecule has 0 fully saturated rings. The van der Waals surface area contributed by atoms with E-state index in [4.69, 9.17) is 9.47 Å². The predicted molar refractivity (Wildman–Crippen MR) is 74.4 cm³/mol. The van der Waals surface area contributed by atoms with Crippen molar-refractivity contribution in [2.75, 3.05) is 20.8 Å². The molecule has 2 heterocycles. The first-order valence-corrected chi connectivity index (χ1v) is 6.39. The van der Waals surface area contributed by atoms with Gasteiger partial charge in [-0.05, 0) is 18.6 Å². The largest absolute Gasteiger partial charge is 0.354 e. The molecule has 6 heteroatoms. The van der Waals surface area contributed by atoms with Crippen molar-refractivity contribution in [3.63, 3.8) is 0 Å². The molecule has 0 unspecified atom stereocenters. The van der Waals surface area contributed by atoms with E-state index in [1.165, 1.54) is 14.2 Å². The van der Waals surface area contributed by atoms with E-state index in [1.54, 1.807) is 0 Å². The van der Waals surface area contributed by atoms with Gasteiger partial charge in [-0.25, -0.2) is 4.98 Å². The van der Waals surface area contributed by atoms with Crippen LogP contribution in [0.1, 0.15) is 11.3 Å². The van der Waals surface area contributed by atoms with Gasteiger partial charge in [0.05, 0.1) is 18.7 Å². The van der Waals surface area contributed by atoms with Crippen LogP contribution in [0.3, 0.4) is 0 Å². The number of rotatable bonds is 6. The number of ether oxygens (including phenoxy) is 2. The second-order valence-corrected chi connectivity index (χ2v) is 4.54. The lowest BCUT2D eigenvalue weighted by atomic mass is 10.3. The number of hydrogen-bond donors (Lipinski definition) is 1. The van der Waals surface area contributed by atoms with Crippen LogP contribution < -0.4 is 5.32 Å². The average molecular weight is 277 g/mol. The second-order valence-electron chi connectivity index (χ2n) is 4.54. The normalized spacial score (nSPS) is 11.2. The highest BCUT2D eigenvalue weighted by Gasteiger charge is 2.11. The van der Waals surface area contributed by atoms with Crippen molar-refractivity contribution in [3.8, 4) is 0 Å². The summed E-state index contributed by atoms with van der Waals surface area (Å²) in [4.78, 5) is 16.3. The Balaban J connectivity index is 1.98. The molecular formula is C14H19N3O3. The van der Waals surface area contributed by atoms with Crippen LogP contribution in [0.5, 0.6) is 0 Å². The van der Waals surface area contributed by atoms with Gasteiger partial charge in [0.15, 0.2) is 6.29 Å². The highest BCUT2D eigenvalue weighted by atomic mass is 16.7. The Morgan fingerprint density at radius 3 is 2.85 bits per heavy atom. The van der Waals surface area contributed by atoms with Gasteiger partial charge in [0.2, 0.25) is 5.91 Å². The predicted octanol–water partition coefficient (Wildman–Crippen LogP) is 0.920. The van der Waals surface area contributed by atoms with Gasteiger partial charge in [-0.1, -0.05) is 6.07 Å². The lowest BCUT2D eigenvalue weighted by Gasteiger charge is -2.13. The molecule has 0 aliphatic carbocycles. The van der Waals surface area contributed by atoms with E-state index in [2.05, 4.69) is 10.3 Å². The zero-order valence-electron chi connectivity index (χ0n) is 11.9. The van der Waals surface area contributed by atoms with Crippen LogP contribution in [0.25, 0.3) is 5.65 Å². The molecule has 1 amide bonds. The van der Waals surface area contributed by atoms with Gasteiger partial charge < -0.3 is 19.2 Å². The van der Waals surface area contributed by atoms with E-state index in [1.807, 2.05) is 35.9 Å². The van der Waals surface area contributed by atoms with E-state index in [0.29, 0.717) is 6.54 Å². The Labute approximate surface area is 117 Å². The fraction of sp³-hybridized carbons (Fsp3) is 0.429. The molecule has 6 nitrogen and oxygen atoms in total. The number of carbonyl (C=O) groups excluding carboxylic acids is 1. The third-order valence-electron chi connectivity index (χ3n) is 3.06. The quantitative estimate of drug-likeness (QED) is 0.797. The SMILES string of the molecule is COC(CNC(=O)Cc1cn2cccc(C)c2n1)OC. The summed E-state index contributed by atoms with van der Waals surface area (Å²) >= 11 is 0. The Bertz CT molecular complexity index is 590. The number of imidazole rings is 1. The topological polar surface area (TPSA) is 64.9 Å². The van der Waals surface area contributed by atoms with Gasteiger partial charge in [0.25, 0.3) is 0 Å². The molecule has 1 N–H and O–H groups in total. The zero-order valence-corrected chi connectivity index (χ0v) is 11.9. The molecule has 108 valence electrons. The molecule has 20 heavy (non-hydrogen) atoms. The van der Waals surface area contributed by atoms with Gasteiger partial charge in [0, 0.05) is 26.6 Å². The van der Waals surface area contributed by atoms with Gasteiger partial charge in [-0.15, -0.1) is 0 Å². The molecule has 0 spiro atoms. The summed E-state index contributed by atoms with van der Waals surface area (Å²) in [5.74, 6) is -0.106. The fourth-order valence-corrected chi connectivity index (χ4v) is 1.98. The average Bonchev–Trinajstić information content (AvgIpc) is 2.84. The van der Waals surface area contributed by atoms with Crippen molar-refractivity contribution in [1.29, 1.82) is 0 Å². The summed E-state index contributed by atoms with van der Waals surface area (Å²) in [6.07, 6.45) is 3.60. The monoisotopic (exact) mass is 277 g/mol. The van der Waals surface area contributed by atoms with Gasteiger partial charge in [-0.2, -0.15) is 0 Å². The molecule has 0 atom stereocenters. The number of pyridine rings is 1. The number of methoxy groups -OCH3 is 2. The van der Waals surface area contributed by atoms with Crippen LogP contribution in [0.4, 0.5) is 0 Å². The van der Waals surface area contributed by atoms with Crippen molar-refractivity contribution in [2.24, 2.45) is 0 Å². The molecule has 2 rings (SSSR count). The summed E-state index contributed by atoms with van der Waals surface area (Å²) in [6.45, 7) is 2.31. The van der Waals surface area contributed by atoms with Crippen LogP contribution >= 0.6 is 0 Å². The molecule has 0 aromatic carbocycles. The number of carbonyl (C=O) groups is 1. The number of aryl methyl sites for hydroxylation is 1. The number of nitrogens with zero attached hydrogens (tertiary/aromatic N) is 2. The number of hydrogen-bond acceptors (Lipinski definition) is 4. The van der Waals surface area contributed by atoms with Crippen LogP contribution in [-0.4, -0.2) is 42.3 Å². The van der Waals surface area contributed by atoms with E-state index >= 15 is 0 Å². The van der Waals surface area contributed by atoms with Gasteiger partial charge in [0.1, 0.15) is 5.65 Å². The second kappa shape index (κ2) is 6.49. The van der Waals surface area contributed by atoms with Crippen molar-refractivity contribution < 1.29 is 14.3 Å². The molecule has 0 bridgehead atoms. The fourth-order valence-electron chi connectivity index (χ4n) is 1.98. The highest BCUT2D eigenvalue weighted by molar-refractivity contribution is 5.78. The minimum absolute atomic E-state index is 0.106. The van der Waals surface area contributed by atoms with Crippen LogP contribution in [-0.2, 0) is 20.7 Å². The maximum absolute atomic E-state index is 11.8. The van der Waals surface area contributed by atoms with Crippen LogP contribution in [0.15, 0.2) is 24.5 Å². The van der Waals surface area contributed by atoms with Gasteiger partial charge >= 0.3 is 0 Å². The minimum atomic E-state index is -0.428. The van der Waals surface area contributed by atoms with Crippen LogP contribution in [0, 0.1) is 6.92 Å². The molecule has 0 saturated carbocycles. The van der Waals surface area contributed by atoms with Crippen molar-refractivity contribution >= 4 is 11.6 Å². The maximum Gasteiger partial charge on any atom is 0.226 e. The number of nitrogens with one attached hydrogen (secondary N) is 1. The van der Waals surface area contributed by atoms with Crippen molar-refractivity contribution in [2.45, 2.75) is 19.6 Å². The standard InChI is InChI=1S/C14H19N3O3/c1-10-5-4-6-17-9-11(16-14(10)17)7-12(18)15-8-13(19-2)20-3/h4-6,9,13H,7-8H2,1-3H3,(H,15,18). The first-order chi connectivity index (χ1) is 9.63. The molecule has 0 aliphatic rings. The molecule has 0 saturated heterocycles. The Morgan fingerprint density at radius 1 is 1.45 bits per heavy atom. The minimum Gasteiger partial charge on any atom is -0.354 e. The van der Waals surface area contributed by atoms with Crippen molar-refractivity contribution in [1.82, 2.24) is 14.7 Å². The summed E-state index contributed by atoms with van der Waals surface area (Å²) in [5, 5.41) is 2.75. The molecule has 2 aromatic heterocycles. The van der Waals surface area contributed by atoms with Gasteiger partial charge in [-0.3, -0.25) is 4.79 Å². The number of fused-ring (bicyclic) bond motifs is 1. The van der Waals surface area contributed by atoms with Crippen LogP contribution in [0.2, 0.25) is 0 Å². The van der Waals surface area contributed by atoms with E-state index in [-0.39, 0.29) is 12.3 Å². The summed E-state index contributed by atoms with van der Waals surface area (Å²) in [5.41, 5.74) is 2.70. The Morgan fingerprint density at radius 2 is 2.20 bits per heavy atom. The third-order valence-corrected chi connectivity index (χ3v) is 3.06. The lowest BCUT2D eigenvalue weighted by molar-refractivity contribution is -0.126. The van der Waals surface area contributed by atoms with E-state index in [9.17, 15) is 4.79 Å². The first-order valence-electron chi connectivity index (χ1n) is 6.39. The molecule has 2 aromatic rings. The third kappa shape index (κ3) is 3.34. The highest BCUT2D eigenvalue weighted by Crippen LogP contribution is 2.10. The zero-order chi connectivity index (χ0) is 14.5. The summed E-state index contributed by atoms with van der Waals surface area (Å²) < 4.78 is 11.9. The molecule has 0 aliphatic heterocycles. The maximum atomic E-state index is 11.8. The van der Waals surface area contributed by atoms with Crippen molar-refractivity contribution in [3.05, 3.63) is 35.8 Å². The smallest absolute Gasteiger partial charge is 0.226 e. The molecule has 0 radical (unpaired) electrons. The number of amides is 1. The Kier molecular flexibility index (Phi) is 4.70. The van der Waals surface area contributed by atoms with E-state index < -0.39 is 6.29 Å². The lowest BCUT2D eigenvalue weighted by Crippen LogP contribution is -2.35. The number of aromatic nitrogens is 2. The molecular weight excluding hydrogens is 258 g/mol. The summed E-state index contributed by atoms with van der Waals surface area (Å²) in [6, 6.07) is 3.95. The van der Waals surface area contributed by atoms with E-state index in [0.717, 1.165) is 16.9 Å². The Hall–Kier alpha value is -1.92. The first kappa shape index (κ1) is 14.5.